The van der Waals surface area contributed by atoms with Crippen molar-refractivity contribution in [2.45, 2.75) is 20.8 Å². The van der Waals surface area contributed by atoms with Gasteiger partial charge in [-0.1, -0.05) is 42.5 Å². The van der Waals surface area contributed by atoms with Crippen molar-refractivity contribution in [1.82, 2.24) is 0 Å². The van der Waals surface area contributed by atoms with Crippen LogP contribution in [0.25, 0.3) is 11.6 Å². The smallest absolute Gasteiger partial charge is 0.311 e. The summed E-state index contributed by atoms with van der Waals surface area (Å²) in [6.45, 7) is 5.78. The lowest BCUT2D eigenvalue weighted by Crippen LogP contribution is -2.23. The predicted molar refractivity (Wildman–Crippen MR) is 97.7 cm³/mol. The minimum absolute atomic E-state index is 0.213. The third kappa shape index (κ3) is 4.98. The number of methoxy groups -OCH3 is 1. The predicted octanol–water partition coefficient (Wildman–Crippen LogP) is 4.83. The van der Waals surface area contributed by atoms with Crippen molar-refractivity contribution in [3.63, 3.8) is 0 Å². The SMILES string of the molecule is COc1ccc(/C(=C\c2ccccc2)COC(=O)C(C)(C)C)cc1. The van der Waals surface area contributed by atoms with Gasteiger partial charge in [0.05, 0.1) is 12.5 Å². The van der Waals surface area contributed by atoms with Crippen LogP contribution in [0.15, 0.2) is 54.6 Å². The largest absolute Gasteiger partial charge is 0.497 e. The van der Waals surface area contributed by atoms with Crippen molar-refractivity contribution in [3.8, 4) is 5.75 Å². The first-order valence-electron chi connectivity index (χ1n) is 7.97. The van der Waals surface area contributed by atoms with Gasteiger partial charge in [0.2, 0.25) is 0 Å². The lowest BCUT2D eigenvalue weighted by Gasteiger charge is -2.18. The first kappa shape index (κ1) is 17.8. The van der Waals surface area contributed by atoms with E-state index in [0.29, 0.717) is 0 Å². The summed E-state index contributed by atoms with van der Waals surface area (Å²) in [5, 5.41) is 0. The molecule has 24 heavy (non-hydrogen) atoms. The Hall–Kier alpha value is -2.55. The molecule has 3 nitrogen and oxygen atoms in total. The molecule has 126 valence electrons. The molecule has 0 N–H and O–H groups in total. The van der Waals surface area contributed by atoms with Crippen LogP contribution in [-0.2, 0) is 9.53 Å². The zero-order valence-corrected chi connectivity index (χ0v) is 14.7. The fraction of sp³-hybridized carbons (Fsp3) is 0.286. The van der Waals surface area contributed by atoms with E-state index in [4.69, 9.17) is 9.47 Å². The summed E-state index contributed by atoms with van der Waals surface area (Å²) in [5.74, 6) is 0.583. The summed E-state index contributed by atoms with van der Waals surface area (Å²) in [4.78, 5) is 12.1. The molecule has 0 aliphatic heterocycles. The Morgan fingerprint density at radius 2 is 1.62 bits per heavy atom. The van der Waals surface area contributed by atoms with E-state index in [1.165, 1.54) is 0 Å². The van der Waals surface area contributed by atoms with E-state index in [1.807, 2.05) is 81.4 Å². The average molecular weight is 324 g/mol. The fourth-order valence-electron chi connectivity index (χ4n) is 2.12. The molecule has 2 aromatic carbocycles. The molecule has 2 rings (SSSR count). The molecule has 0 aromatic heterocycles. The lowest BCUT2D eigenvalue weighted by molar-refractivity contribution is -0.151. The van der Waals surface area contributed by atoms with Crippen LogP contribution >= 0.6 is 0 Å². The molecule has 0 atom stereocenters. The molecule has 0 radical (unpaired) electrons. The molecule has 0 aliphatic rings. The summed E-state index contributed by atoms with van der Waals surface area (Å²) in [7, 11) is 1.64. The number of carbonyl (C=O) groups excluding carboxylic acids is 1. The number of carbonyl (C=O) groups is 1. The summed E-state index contributed by atoms with van der Waals surface area (Å²) in [6, 6.07) is 17.7. The van der Waals surface area contributed by atoms with Gasteiger partial charge in [-0.25, -0.2) is 0 Å². The molecule has 0 aliphatic carbocycles. The number of benzene rings is 2. The molecule has 0 heterocycles. The van der Waals surface area contributed by atoms with Crippen LogP contribution in [0.3, 0.4) is 0 Å². The second kappa shape index (κ2) is 7.82. The highest BCUT2D eigenvalue weighted by Crippen LogP contribution is 2.23. The number of hydrogen-bond acceptors (Lipinski definition) is 3. The monoisotopic (exact) mass is 324 g/mol. The minimum Gasteiger partial charge on any atom is -0.497 e. The molecule has 0 saturated heterocycles. The first-order chi connectivity index (χ1) is 11.4. The Bertz CT molecular complexity index is 692. The normalized spacial score (nSPS) is 11.9. The Morgan fingerprint density at radius 1 is 1.00 bits per heavy atom. The van der Waals surface area contributed by atoms with Crippen LogP contribution in [-0.4, -0.2) is 19.7 Å². The molecule has 0 bridgehead atoms. The van der Waals surface area contributed by atoms with Gasteiger partial charge in [-0.3, -0.25) is 4.79 Å². The third-order valence-electron chi connectivity index (χ3n) is 3.57. The van der Waals surface area contributed by atoms with Gasteiger partial charge in [-0.2, -0.15) is 0 Å². The van der Waals surface area contributed by atoms with Crippen molar-refractivity contribution in [3.05, 3.63) is 65.7 Å². The topological polar surface area (TPSA) is 35.5 Å². The highest BCUT2D eigenvalue weighted by molar-refractivity contribution is 5.84. The van der Waals surface area contributed by atoms with Gasteiger partial charge < -0.3 is 9.47 Å². The maximum Gasteiger partial charge on any atom is 0.311 e. The average Bonchev–Trinajstić information content (AvgIpc) is 2.58. The van der Waals surface area contributed by atoms with Gasteiger partial charge in [0.1, 0.15) is 12.4 Å². The zero-order chi connectivity index (χ0) is 17.6. The quantitative estimate of drug-likeness (QED) is 0.584. The second-order valence-electron chi connectivity index (χ2n) is 6.63. The maximum absolute atomic E-state index is 12.1. The standard InChI is InChI=1S/C21H24O3/c1-21(2,3)20(22)24-15-18(14-16-8-6-5-7-9-16)17-10-12-19(23-4)13-11-17/h5-14H,15H2,1-4H3/b18-14-. The van der Waals surface area contributed by atoms with Gasteiger partial charge in [-0.15, -0.1) is 0 Å². The number of rotatable bonds is 5. The molecule has 0 spiro atoms. The molecular formula is C21H24O3. The summed E-state index contributed by atoms with van der Waals surface area (Å²) < 4.78 is 10.7. The third-order valence-corrected chi connectivity index (χ3v) is 3.57. The van der Waals surface area contributed by atoms with E-state index in [1.54, 1.807) is 7.11 Å². The zero-order valence-electron chi connectivity index (χ0n) is 14.7. The van der Waals surface area contributed by atoms with Crippen LogP contribution in [0.4, 0.5) is 0 Å². The van der Waals surface area contributed by atoms with Crippen molar-refractivity contribution in [2.75, 3.05) is 13.7 Å². The van der Waals surface area contributed by atoms with Crippen molar-refractivity contribution in [2.24, 2.45) is 5.41 Å². The summed E-state index contributed by atoms with van der Waals surface area (Å²) in [6.07, 6.45) is 2.04. The highest BCUT2D eigenvalue weighted by atomic mass is 16.5. The maximum atomic E-state index is 12.1. The number of esters is 1. The van der Waals surface area contributed by atoms with Gasteiger partial charge in [0, 0.05) is 0 Å². The second-order valence-corrected chi connectivity index (χ2v) is 6.63. The molecule has 0 saturated carbocycles. The van der Waals surface area contributed by atoms with E-state index >= 15 is 0 Å². The van der Waals surface area contributed by atoms with Crippen LogP contribution in [0.2, 0.25) is 0 Å². The molecule has 3 heteroatoms. The molecular weight excluding hydrogens is 300 g/mol. The van der Waals surface area contributed by atoms with Gasteiger partial charge >= 0.3 is 5.97 Å². The Kier molecular flexibility index (Phi) is 5.80. The van der Waals surface area contributed by atoms with Gasteiger partial charge in [-0.05, 0) is 55.7 Å². The van der Waals surface area contributed by atoms with Crippen LogP contribution in [0.1, 0.15) is 31.9 Å². The van der Waals surface area contributed by atoms with Crippen molar-refractivity contribution in [1.29, 1.82) is 0 Å². The van der Waals surface area contributed by atoms with Crippen LogP contribution in [0, 0.1) is 5.41 Å². The van der Waals surface area contributed by atoms with Gasteiger partial charge in [0.15, 0.2) is 0 Å². The van der Waals surface area contributed by atoms with Gasteiger partial charge in [0.25, 0.3) is 0 Å². The number of hydrogen-bond donors (Lipinski definition) is 0. The summed E-state index contributed by atoms with van der Waals surface area (Å²) >= 11 is 0. The minimum atomic E-state index is -0.516. The first-order valence-corrected chi connectivity index (χ1v) is 7.97. The Morgan fingerprint density at radius 3 is 2.17 bits per heavy atom. The Balaban J connectivity index is 2.27. The van der Waals surface area contributed by atoms with Crippen LogP contribution < -0.4 is 4.74 Å². The number of ether oxygens (including phenoxy) is 2. The molecule has 0 unspecified atom stereocenters. The van der Waals surface area contributed by atoms with Crippen LogP contribution in [0.5, 0.6) is 5.75 Å². The van der Waals surface area contributed by atoms with Crippen molar-refractivity contribution >= 4 is 17.6 Å². The summed E-state index contributed by atoms with van der Waals surface area (Å²) in [5.41, 5.74) is 2.50. The molecule has 0 fully saturated rings. The highest BCUT2D eigenvalue weighted by Gasteiger charge is 2.23. The van der Waals surface area contributed by atoms with Crippen molar-refractivity contribution < 1.29 is 14.3 Å². The van der Waals surface area contributed by atoms with E-state index < -0.39 is 5.41 Å². The Labute approximate surface area is 143 Å². The van der Waals surface area contributed by atoms with E-state index in [9.17, 15) is 4.79 Å². The lowest BCUT2D eigenvalue weighted by atomic mass is 9.97. The van der Waals surface area contributed by atoms with E-state index in [0.717, 1.165) is 22.4 Å². The fourth-order valence-corrected chi connectivity index (χ4v) is 2.12. The molecule has 0 amide bonds. The van der Waals surface area contributed by atoms with E-state index in [2.05, 4.69) is 0 Å². The van der Waals surface area contributed by atoms with E-state index in [-0.39, 0.29) is 12.6 Å². The molecule has 2 aromatic rings.